The van der Waals surface area contributed by atoms with Gasteiger partial charge in [0.2, 0.25) is 5.91 Å². The first-order chi connectivity index (χ1) is 7.20. The third-order valence-corrected chi connectivity index (χ3v) is 4.81. The lowest BCUT2D eigenvalue weighted by molar-refractivity contribution is -0.128. The Kier molecular flexibility index (Phi) is 3.69. The molecular formula is C10H11BrClNOS. The van der Waals surface area contributed by atoms with Crippen LogP contribution < -0.4 is 0 Å². The fraction of sp³-hybridized carbons (Fsp3) is 0.500. The largest absolute Gasteiger partial charge is 0.338 e. The van der Waals surface area contributed by atoms with Crippen LogP contribution in [0.2, 0.25) is 0 Å². The Balaban J connectivity index is 2.01. The topological polar surface area (TPSA) is 20.3 Å². The van der Waals surface area contributed by atoms with E-state index in [0.29, 0.717) is 24.8 Å². The number of amides is 1. The molecule has 1 unspecified atom stereocenters. The zero-order valence-corrected chi connectivity index (χ0v) is 11.2. The van der Waals surface area contributed by atoms with Crippen molar-refractivity contribution in [2.24, 2.45) is 5.92 Å². The zero-order chi connectivity index (χ0) is 10.8. The maximum Gasteiger partial charge on any atom is 0.223 e. The summed E-state index contributed by atoms with van der Waals surface area (Å²) in [6.07, 6.45) is 0.602. The molecule has 1 saturated heterocycles. The molecule has 1 aliphatic heterocycles. The quantitative estimate of drug-likeness (QED) is 0.786. The molecule has 0 N–H and O–H groups in total. The number of rotatable bonds is 3. The van der Waals surface area contributed by atoms with Crippen LogP contribution >= 0.6 is 38.9 Å². The van der Waals surface area contributed by atoms with Crippen LogP contribution in [0.4, 0.5) is 0 Å². The molecule has 2 rings (SSSR count). The molecule has 1 fully saturated rings. The van der Waals surface area contributed by atoms with E-state index < -0.39 is 0 Å². The van der Waals surface area contributed by atoms with Crippen LogP contribution in [0.25, 0.3) is 0 Å². The molecule has 0 radical (unpaired) electrons. The highest BCUT2D eigenvalue weighted by atomic mass is 79.9. The summed E-state index contributed by atoms with van der Waals surface area (Å²) in [5.74, 6) is 1.13. The number of thiophene rings is 1. The van der Waals surface area contributed by atoms with Gasteiger partial charge in [0.1, 0.15) is 0 Å². The van der Waals surface area contributed by atoms with Gasteiger partial charge in [-0.1, -0.05) is 0 Å². The molecule has 2 nitrogen and oxygen atoms in total. The second kappa shape index (κ2) is 4.85. The predicted molar refractivity (Wildman–Crippen MR) is 66.3 cm³/mol. The molecule has 1 aromatic heterocycles. The van der Waals surface area contributed by atoms with Gasteiger partial charge in [-0.15, -0.1) is 22.9 Å². The maximum absolute atomic E-state index is 11.6. The van der Waals surface area contributed by atoms with Crippen molar-refractivity contribution in [3.05, 3.63) is 20.8 Å². The molecular weight excluding hydrogens is 298 g/mol. The minimum atomic E-state index is 0.221. The molecule has 0 aliphatic carbocycles. The first kappa shape index (κ1) is 11.4. The van der Waals surface area contributed by atoms with Gasteiger partial charge in [-0.25, -0.2) is 0 Å². The summed E-state index contributed by atoms with van der Waals surface area (Å²) in [6, 6.07) is 2.05. The number of carbonyl (C=O) groups excluding carboxylic acids is 1. The normalized spacial score (nSPS) is 21.3. The van der Waals surface area contributed by atoms with E-state index in [0.717, 1.165) is 10.3 Å². The van der Waals surface area contributed by atoms with E-state index in [-0.39, 0.29) is 5.91 Å². The van der Waals surface area contributed by atoms with Crippen molar-refractivity contribution in [2.75, 3.05) is 12.4 Å². The number of likely N-dealkylation sites (tertiary alicyclic amines) is 1. The van der Waals surface area contributed by atoms with Crippen LogP contribution in [0, 0.1) is 5.92 Å². The highest BCUT2D eigenvalue weighted by Crippen LogP contribution is 2.27. The van der Waals surface area contributed by atoms with Gasteiger partial charge < -0.3 is 4.90 Å². The molecule has 0 bridgehead atoms. The fourth-order valence-electron chi connectivity index (χ4n) is 1.75. The van der Waals surface area contributed by atoms with Crippen molar-refractivity contribution in [3.63, 3.8) is 0 Å². The average Bonchev–Trinajstić information content (AvgIpc) is 2.76. The van der Waals surface area contributed by atoms with E-state index in [4.69, 9.17) is 11.6 Å². The number of hydrogen-bond acceptors (Lipinski definition) is 2. The molecule has 1 amide bonds. The second-order valence-electron chi connectivity index (χ2n) is 3.72. The van der Waals surface area contributed by atoms with Gasteiger partial charge in [-0.2, -0.15) is 0 Å². The summed E-state index contributed by atoms with van der Waals surface area (Å²) in [5.41, 5.74) is 1.18. The van der Waals surface area contributed by atoms with E-state index in [1.807, 2.05) is 10.3 Å². The monoisotopic (exact) mass is 307 g/mol. The molecule has 2 heterocycles. The summed E-state index contributed by atoms with van der Waals surface area (Å²) >= 11 is 10.9. The van der Waals surface area contributed by atoms with Gasteiger partial charge in [0.15, 0.2) is 0 Å². The van der Waals surface area contributed by atoms with Crippen LogP contribution in [-0.4, -0.2) is 23.2 Å². The van der Waals surface area contributed by atoms with Crippen LogP contribution in [0.3, 0.4) is 0 Å². The lowest BCUT2D eigenvalue weighted by Crippen LogP contribution is -2.24. The Morgan fingerprint density at radius 1 is 1.67 bits per heavy atom. The Morgan fingerprint density at radius 3 is 3.00 bits per heavy atom. The number of carbonyl (C=O) groups is 1. The van der Waals surface area contributed by atoms with E-state index in [9.17, 15) is 4.79 Å². The lowest BCUT2D eigenvalue weighted by atomic mass is 10.1. The van der Waals surface area contributed by atoms with E-state index in [1.165, 1.54) is 5.56 Å². The molecule has 1 aromatic rings. The minimum absolute atomic E-state index is 0.221. The summed E-state index contributed by atoms with van der Waals surface area (Å²) < 4.78 is 1.12. The molecule has 0 spiro atoms. The molecule has 1 aliphatic rings. The molecule has 82 valence electrons. The van der Waals surface area contributed by atoms with Gasteiger partial charge in [0.25, 0.3) is 0 Å². The van der Waals surface area contributed by atoms with Crippen molar-refractivity contribution in [1.29, 1.82) is 0 Å². The molecule has 15 heavy (non-hydrogen) atoms. The van der Waals surface area contributed by atoms with Crippen LogP contribution in [0.5, 0.6) is 0 Å². The predicted octanol–water partition coefficient (Wildman–Crippen LogP) is 3.10. The Labute approximate surface area is 106 Å². The van der Waals surface area contributed by atoms with E-state index in [1.54, 1.807) is 11.3 Å². The molecule has 5 heteroatoms. The summed E-state index contributed by atoms with van der Waals surface area (Å²) in [6.45, 7) is 1.50. The first-order valence-electron chi connectivity index (χ1n) is 4.76. The highest BCUT2D eigenvalue weighted by molar-refractivity contribution is 9.11. The average molecular weight is 309 g/mol. The Bertz CT molecular complexity index is 368. The van der Waals surface area contributed by atoms with Crippen molar-refractivity contribution < 1.29 is 4.79 Å². The SMILES string of the molecule is O=C1CC(CCl)CN1Cc1ccsc1Br. The smallest absolute Gasteiger partial charge is 0.223 e. The van der Waals surface area contributed by atoms with Crippen molar-refractivity contribution >= 4 is 44.8 Å². The van der Waals surface area contributed by atoms with E-state index in [2.05, 4.69) is 22.0 Å². The van der Waals surface area contributed by atoms with Crippen molar-refractivity contribution in [3.8, 4) is 0 Å². The van der Waals surface area contributed by atoms with Crippen LogP contribution in [-0.2, 0) is 11.3 Å². The van der Waals surface area contributed by atoms with Crippen molar-refractivity contribution in [1.82, 2.24) is 4.90 Å². The van der Waals surface area contributed by atoms with Gasteiger partial charge >= 0.3 is 0 Å². The minimum Gasteiger partial charge on any atom is -0.338 e. The lowest BCUT2D eigenvalue weighted by Gasteiger charge is -2.15. The van der Waals surface area contributed by atoms with Crippen LogP contribution in [0.1, 0.15) is 12.0 Å². The number of halogens is 2. The summed E-state index contributed by atoms with van der Waals surface area (Å²) in [7, 11) is 0. The fourth-order valence-corrected chi connectivity index (χ4v) is 3.17. The summed E-state index contributed by atoms with van der Waals surface area (Å²) in [4.78, 5) is 13.5. The molecule has 0 aromatic carbocycles. The van der Waals surface area contributed by atoms with Gasteiger partial charge in [0, 0.05) is 25.4 Å². The number of nitrogens with zero attached hydrogens (tertiary/aromatic N) is 1. The Hall–Kier alpha value is -0.0600. The van der Waals surface area contributed by atoms with Crippen molar-refractivity contribution in [2.45, 2.75) is 13.0 Å². The summed E-state index contributed by atoms with van der Waals surface area (Å²) in [5, 5.41) is 2.03. The van der Waals surface area contributed by atoms with Gasteiger partial charge in [0.05, 0.1) is 3.79 Å². The molecule has 0 saturated carbocycles. The second-order valence-corrected chi connectivity index (χ2v) is 6.26. The third kappa shape index (κ3) is 2.55. The zero-order valence-electron chi connectivity index (χ0n) is 8.08. The highest BCUT2D eigenvalue weighted by Gasteiger charge is 2.29. The Morgan fingerprint density at radius 2 is 2.47 bits per heavy atom. The van der Waals surface area contributed by atoms with Gasteiger partial charge in [-0.3, -0.25) is 4.79 Å². The molecule has 1 atom stereocenters. The van der Waals surface area contributed by atoms with Gasteiger partial charge in [-0.05, 0) is 38.9 Å². The number of alkyl halides is 1. The maximum atomic E-state index is 11.6. The first-order valence-corrected chi connectivity index (χ1v) is 6.97. The van der Waals surface area contributed by atoms with E-state index >= 15 is 0 Å². The van der Waals surface area contributed by atoms with Crippen LogP contribution in [0.15, 0.2) is 15.2 Å². The third-order valence-electron chi connectivity index (χ3n) is 2.57. The number of hydrogen-bond donors (Lipinski definition) is 0. The standard InChI is InChI=1S/C10H11BrClNOS/c11-10-8(1-2-15-10)6-13-5-7(4-12)3-9(13)14/h1-2,7H,3-6H2.